The van der Waals surface area contributed by atoms with Gasteiger partial charge in [0, 0.05) is 68.9 Å². The predicted octanol–water partition coefficient (Wildman–Crippen LogP) is 3.06. The summed E-state index contributed by atoms with van der Waals surface area (Å²) in [4.78, 5) is 30.4. The predicted molar refractivity (Wildman–Crippen MR) is 155 cm³/mol. The van der Waals surface area contributed by atoms with Gasteiger partial charge in [0.25, 0.3) is 0 Å². The number of rotatable bonds is 6. The Morgan fingerprint density at radius 1 is 1.07 bits per heavy atom. The first-order chi connectivity index (χ1) is 20.1. The molecule has 0 spiro atoms. The van der Waals surface area contributed by atoms with Crippen LogP contribution in [0.25, 0.3) is 34.1 Å². The minimum atomic E-state index is -0.00241. The number of anilines is 1. The average molecular weight is 548 g/mol. The van der Waals surface area contributed by atoms with Gasteiger partial charge < -0.3 is 15.4 Å². The Kier molecular flexibility index (Phi) is 6.20. The molecule has 206 valence electrons. The molecule has 6 heterocycles. The maximum absolute atomic E-state index is 11.9. The Morgan fingerprint density at radius 2 is 1.95 bits per heavy atom. The number of imidazole rings is 1. The number of ether oxygens (including phenoxy) is 1. The molecule has 0 radical (unpaired) electrons. The first-order valence-corrected chi connectivity index (χ1v) is 13.6. The third-order valence-electron chi connectivity index (χ3n) is 7.78. The van der Waals surface area contributed by atoms with Crippen LogP contribution < -0.4 is 10.5 Å². The molecule has 0 saturated carbocycles. The van der Waals surface area contributed by atoms with Crippen LogP contribution in [0.15, 0.2) is 79.8 Å². The van der Waals surface area contributed by atoms with E-state index in [1.807, 2.05) is 46.0 Å². The molecule has 1 aromatic carbocycles. The van der Waals surface area contributed by atoms with Crippen LogP contribution in [0.4, 0.5) is 5.82 Å². The maximum Gasteiger partial charge on any atom is 0.246 e. The van der Waals surface area contributed by atoms with Crippen LogP contribution in [0.3, 0.4) is 0 Å². The van der Waals surface area contributed by atoms with Gasteiger partial charge in [-0.15, -0.1) is 0 Å². The van der Waals surface area contributed by atoms with Gasteiger partial charge in [-0.3, -0.25) is 14.3 Å². The molecule has 1 amide bonds. The molecule has 1 saturated heterocycles. The van der Waals surface area contributed by atoms with Gasteiger partial charge in [-0.05, 0) is 42.5 Å². The van der Waals surface area contributed by atoms with E-state index in [0.29, 0.717) is 42.8 Å². The van der Waals surface area contributed by atoms with Crippen molar-refractivity contribution in [2.24, 2.45) is 0 Å². The minimum Gasteiger partial charge on any atom is -0.493 e. The molecule has 11 heteroatoms. The number of amides is 1. The van der Waals surface area contributed by atoms with Crippen molar-refractivity contribution < 1.29 is 9.53 Å². The molecule has 1 fully saturated rings. The molecule has 1 unspecified atom stereocenters. The molecule has 5 aromatic rings. The van der Waals surface area contributed by atoms with Gasteiger partial charge in [0.05, 0.1) is 17.9 Å². The maximum atomic E-state index is 11.9. The standard InChI is InChI=1S/C30H29N9O2/c1-2-27(40)37-15-13-36(14-16-37)18-20-19-41-25-17-21(6-7-22(20)25)39-29(23-5-3-10-32-28(23)31)34-24-8-9-26(35-30(24)39)38-12-4-11-33-38/h2-12,17,20H,1,13-16,18-19H2,(H2,31,32). The van der Waals surface area contributed by atoms with Gasteiger partial charge in [0.15, 0.2) is 17.3 Å². The van der Waals surface area contributed by atoms with Crippen LogP contribution in [-0.4, -0.2) is 84.3 Å². The van der Waals surface area contributed by atoms with Crippen LogP contribution >= 0.6 is 0 Å². The van der Waals surface area contributed by atoms with Crippen molar-refractivity contribution in [2.45, 2.75) is 5.92 Å². The van der Waals surface area contributed by atoms with Gasteiger partial charge in [0.1, 0.15) is 17.1 Å². The zero-order valence-electron chi connectivity index (χ0n) is 22.4. The molecule has 0 bridgehead atoms. The summed E-state index contributed by atoms with van der Waals surface area (Å²) in [6, 6.07) is 15.7. The number of pyridine rings is 2. The molecule has 11 nitrogen and oxygen atoms in total. The Morgan fingerprint density at radius 3 is 2.73 bits per heavy atom. The lowest BCUT2D eigenvalue weighted by molar-refractivity contribution is -0.127. The Balaban J connectivity index is 1.24. The van der Waals surface area contributed by atoms with Crippen LogP contribution in [0.5, 0.6) is 5.75 Å². The minimum absolute atomic E-state index is 0.00241. The fourth-order valence-corrected chi connectivity index (χ4v) is 5.66. The van der Waals surface area contributed by atoms with Crippen LogP contribution in [0.1, 0.15) is 11.5 Å². The summed E-state index contributed by atoms with van der Waals surface area (Å²) < 4.78 is 9.95. The second kappa shape index (κ2) is 10.2. The second-order valence-corrected chi connectivity index (χ2v) is 10.2. The summed E-state index contributed by atoms with van der Waals surface area (Å²) >= 11 is 0. The third kappa shape index (κ3) is 4.49. The molecule has 41 heavy (non-hydrogen) atoms. The number of nitrogens with two attached hydrogens (primary N) is 1. The SMILES string of the molecule is C=CC(=O)N1CCN(CC2COc3cc(-n4c(-c5cccnc5N)nc5ccc(-n6cccn6)nc54)ccc32)CC1. The number of carbonyl (C=O) groups is 1. The number of carbonyl (C=O) groups excluding carboxylic acids is 1. The van der Waals surface area contributed by atoms with E-state index in [9.17, 15) is 4.79 Å². The average Bonchev–Trinajstić information content (AvgIpc) is 3.76. The topological polar surface area (TPSA) is 120 Å². The Bertz CT molecular complexity index is 1750. The van der Waals surface area contributed by atoms with Crippen molar-refractivity contribution in [3.63, 3.8) is 0 Å². The molecule has 4 aromatic heterocycles. The molecule has 1 atom stereocenters. The molecular weight excluding hydrogens is 518 g/mol. The number of benzene rings is 1. The van der Waals surface area contributed by atoms with Gasteiger partial charge in [-0.25, -0.2) is 19.6 Å². The van der Waals surface area contributed by atoms with Crippen LogP contribution in [0.2, 0.25) is 0 Å². The molecule has 2 aliphatic rings. The molecule has 7 rings (SSSR count). The van der Waals surface area contributed by atoms with E-state index < -0.39 is 0 Å². The van der Waals surface area contributed by atoms with Crippen molar-refractivity contribution in [1.29, 1.82) is 0 Å². The van der Waals surface area contributed by atoms with Crippen molar-refractivity contribution in [1.82, 2.24) is 39.1 Å². The zero-order chi connectivity index (χ0) is 27.9. The first kappa shape index (κ1) is 25.0. The third-order valence-corrected chi connectivity index (χ3v) is 7.78. The highest BCUT2D eigenvalue weighted by Gasteiger charge is 2.29. The highest BCUT2D eigenvalue weighted by atomic mass is 16.5. The lowest BCUT2D eigenvalue weighted by atomic mass is 10.00. The van der Waals surface area contributed by atoms with Gasteiger partial charge in [0.2, 0.25) is 5.91 Å². The fourth-order valence-electron chi connectivity index (χ4n) is 5.66. The van der Waals surface area contributed by atoms with Crippen LogP contribution in [0, 0.1) is 0 Å². The van der Waals surface area contributed by atoms with Crippen molar-refractivity contribution in [2.75, 3.05) is 45.1 Å². The van der Waals surface area contributed by atoms with E-state index in [4.69, 9.17) is 20.4 Å². The largest absolute Gasteiger partial charge is 0.493 e. The number of fused-ring (bicyclic) bond motifs is 2. The van der Waals surface area contributed by atoms with E-state index in [-0.39, 0.29) is 11.8 Å². The van der Waals surface area contributed by atoms with E-state index in [2.05, 4.69) is 39.8 Å². The Labute approximate surface area is 236 Å². The number of piperazine rings is 1. The van der Waals surface area contributed by atoms with Crippen LogP contribution in [-0.2, 0) is 4.79 Å². The van der Waals surface area contributed by atoms with Gasteiger partial charge in [-0.1, -0.05) is 12.6 Å². The molecule has 2 aliphatic heterocycles. The number of nitrogen functional groups attached to an aromatic ring is 1. The molecular formula is C30H29N9O2. The lowest BCUT2D eigenvalue weighted by Gasteiger charge is -2.35. The van der Waals surface area contributed by atoms with Crippen molar-refractivity contribution in [3.8, 4) is 28.6 Å². The number of hydrogen-bond acceptors (Lipinski definition) is 8. The summed E-state index contributed by atoms with van der Waals surface area (Å²) in [7, 11) is 0. The van der Waals surface area contributed by atoms with E-state index >= 15 is 0 Å². The second-order valence-electron chi connectivity index (χ2n) is 10.2. The lowest BCUT2D eigenvalue weighted by Crippen LogP contribution is -2.49. The summed E-state index contributed by atoms with van der Waals surface area (Å²) in [5, 5.41) is 4.34. The van der Waals surface area contributed by atoms with Gasteiger partial charge >= 0.3 is 0 Å². The van der Waals surface area contributed by atoms with E-state index in [1.54, 1.807) is 17.1 Å². The quantitative estimate of drug-likeness (QED) is 0.322. The Hall–Kier alpha value is -5.03. The smallest absolute Gasteiger partial charge is 0.246 e. The summed E-state index contributed by atoms with van der Waals surface area (Å²) in [5.74, 6) is 2.82. The fraction of sp³-hybridized carbons (Fsp3) is 0.233. The zero-order valence-corrected chi connectivity index (χ0v) is 22.4. The normalized spacial score (nSPS) is 17.0. The van der Waals surface area contributed by atoms with Crippen molar-refractivity contribution >= 4 is 22.9 Å². The van der Waals surface area contributed by atoms with E-state index in [1.165, 1.54) is 11.6 Å². The highest BCUT2D eigenvalue weighted by molar-refractivity contribution is 5.87. The number of hydrogen-bond donors (Lipinski definition) is 1. The number of aromatic nitrogens is 6. The molecule has 0 aliphatic carbocycles. The van der Waals surface area contributed by atoms with E-state index in [0.717, 1.165) is 42.2 Å². The summed E-state index contributed by atoms with van der Waals surface area (Å²) in [6.07, 6.45) is 6.63. The number of nitrogens with zero attached hydrogens (tertiary/aromatic N) is 8. The highest BCUT2D eigenvalue weighted by Crippen LogP contribution is 2.38. The summed E-state index contributed by atoms with van der Waals surface area (Å²) in [6.45, 7) is 8.20. The summed E-state index contributed by atoms with van der Waals surface area (Å²) in [5.41, 5.74) is 10.5. The van der Waals surface area contributed by atoms with Crippen molar-refractivity contribution in [3.05, 3.63) is 85.3 Å². The monoisotopic (exact) mass is 547 g/mol. The van der Waals surface area contributed by atoms with Gasteiger partial charge in [-0.2, -0.15) is 5.10 Å². The molecule has 2 N–H and O–H groups in total. The first-order valence-electron chi connectivity index (χ1n) is 13.6.